The Morgan fingerprint density at radius 1 is 1.00 bits per heavy atom. The lowest BCUT2D eigenvalue weighted by atomic mass is 9.98. The van der Waals surface area contributed by atoms with Crippen LogP contribution in [0.25, 0.3) is 11.1 Å². The molecule has 0 aliphatic carbocycles. The van der Waals surface area contributed by atoms with Gasteiger partial charge < -0.3 is 14.1 Å². The number of carbonyl (C=O) groups is 2. The molecule has 3 heterocycles. The average molecular weight is 450 g/mol. The Morgan fingerprint density at radius 3 is 2.45 bits per heavy atom. The number of aryl methyl sites for hydroxylation is 1. The quantitative estimate of drug-likeness (QED) is 0.595. The molecule has 8 nitrogen and oxygen atoms in total. The monoisotopic (exact) mass is 449 g/mol. The normalized spacial score (nSPS) is 21.5. The van der Waals surface area contributed by atoms with Gasteiger partial charge in [-0.3, -0.25) is 14.3 Å². The van der Waals surface area contributed by atoms with Gasteiger partial charge in [-0.05, 0) is 37.5 Å². The van der Waals surface area contributed by atoms with Crippen molar-refractivity contribution in [3.63, 3.8) is 0 Å². The smallest absolute Gasteiger partial charge is 0.419 e. The maximum absolute atomic E-state index is 12.8. The van der Waals surface area contributed by atoms with E-state index < -0.39 is 5.76 Å². The fraction of sp³-hybridized carbons (Fsp3) is 0.400. The van der Waals surface area contributed by atoms with Gasteiger partial charge >= 0.3 is 11.8 Å². The van der Waals surface area contributed by atoms with Crippen LogP contribution in [0, 0.1) is 0 Å². The van der Waals surface area contributed by atoms with Gasteiger partial charge in [0.25, 0.3) is 0 Å². The Bertz CT molecular complexity index is 1210. The number of nitrogens with zero attached hydrogens (tertiary/aromatic N) is 3. The van der Waals surface area contributed by atoms with E-state index in [-0.39, 0.29) is 43.2 Å². The van der Waals surface area contributed by atoms with Crippen molar-refractivity contribution in [2.45, 2.75) is 50.9 Å². The highest BCUT2D eigenvalue weighted by molar-refractivity contribution is 5.77. The van der Waals surface area contributed by atoms with Gasteiger partial charge in [-0.1, -0.05) is 42.5 Å². The Balaban J connectivity index is 1.18. The molecule has 0 radical (unpaired) electrons. The minimum Gasteiger partial charge on any atom is -0.439 e. The number of oxazole rings is 1. The van der Waals surface area contributed by atoms with Crippen LogP contribution in [0.4, 0.5) is 4.79 Å². The SMILES string of the molecule is C[C@@H]1[C@H](c2ccccc2)OC(=O)N1C1CCN(C(=O)CCn2c(=O)oc3ccccc32)CC1. The lowest BCUT2D eigenvalue weighted by Crippen LogP contribution is -2.49. The number of cyclic esters (lactones) is 1. The highest BCUT2D eigenvalue weighted by Gasteiger charge is 2.44. The molecule has 5 rings (SSSR count). The molecule has 33 heavy (non-hydrogen) atoms. The number of carbonyl (C=O) groups excluding carboxylic acids is 2. The summed E-state index contributed by atoms with van der Waals surface area (Å²) in [6.07, 6.45) is 1.09. The van der Waals surface area contributed by atoms with Crippen LogP contribution in [-0.4, -0.2) is 51.5 Å². The van der Waals surface area contributed by atoms with E-state index in [2.05, 4.69) is 0 Å². The molecule has 2 aliphatic heterocycles. The van der Waals surface area contributed by atoms with Gasteiger partial charge in [0.1, 0.15) is 6.10 Å². The summed E-state index contributed by atoms with van der Waals surface area (Å²) < 4.78 is 12.4. The van der Waals surface area contributed by atoms with Crippen molar-refractivity contribution in [3.05, 3.63) is 70.7 Å². The number of ether oxygens (including phenoxy) is 1. The average Bonchev–Trinajstić information content (AvgIpc) is 3.32. The fourth-order valence-electron chi connectivity index (χ4n) is 5.04. The van der Waals surface area contributed by atoms with Crippen LogP contribution in [0.5, 0.6) is 0 Å². The molecular weight excluding hydrogens is 422 g/mol. The van der Waals surface area contributed by atoms with E-state index in [0.717, 1.165) is 5.56 Å². The van der Waals surface area contributed by atoms with Crippen LogP contribution < -0.4 is 5.76 Å². The molecule has 8 heteroatoms. The van der Waals surface area contributed by atoms with Crippen LogP contribution in [0.2, 0.25) is 0 Å². The van der Waals surface area contributed by atoms with E-state index in [4.69, 9.17) is 9.15 Å². The predicted molar refractivity (Wildman–Crippen MR) is 122 cm³/mol. The first-order valence-electron chi connectivity index (χ1n) is 11.4. The summed E-state index contributed by atoms with van der Waals surface area (Å²) in [5.74, 6) is -0.443. The largest absolute Gasteiger partial charge is 0.439 e. The molecule has 0 spiro atoms. The standard InChI is InChI=1S/C25H27N3O5/c1-17-23(18-7-3-2-4-8-18)33-25(31)28(17)19-11-14-26(15-12-19)22(29)13-16-27-20-9-5-6-10-21(20)32-24(27)30/h2-10,17,19,23H,11-16H2,1H3/t17-,23-/m1/s1. The Kier molecular flexibility index (Phi) is 5.66. The molecule has 3 aromatic rings. The lowest BCUT2D eigenvalue weighted by Gasteiger charge is -2.37. The molecule has 0 N–H and O–H groups in total. The third-order valence-electron chi connectivity index (χ3n) is 6.78. The molecule has 172 valence electrons. The van der Waals surface area contributed by atoms with Crippen molar-refractivity contribution in [3.8, 4) is 0 Å². The number of aromatic nitrogens is 1. The number of likely N-dealkylation sites (tertiary alicyclic amines) is 1. The second kappa shape index (κ2) is 8.77. The molecule has 1 aromatic heterocycles. The first-order chi connectivity index (χ1) is 16.0. The number of fused-ring (bicyclic) bond motifs is 1. The van der Waals surface area contributed by atoms with Crippen LogP contribution in [0.3, 0.4) is 0 Å². The summed E-state index contributed by atoms with van der Waals surface area (Å²) in [7, 11) is 0. The van der Waals surface area contributed by atoms with Crippen molar-refractivity contribution < 1.29 is 18.7 Å². The molecule has 2 amide bonds. The summed E-state index contributed by atoms with van der Waals surface area (Å²) in [6, 6.07) is 17.0. The van der Waals surface area contributed by atoms with Gasteiger partial charge in [0, 0.05) is 32.1 Å². The van der Waals surface area contributed by atoms with Gasteiger partial charge in [0.15, 0.2) is 5.58 Å². The highest BCUT2D eigenvalue weighted by atomic mass is 16.6. The summed E-state index contributed by atoms with van der Waals surface area (Å²) in [4.78, 5) is 41.2. The summed E-state index contributed by atoms with van der Waals surface area (Å²) >= 11 is 0. The van der Waals surface area contributed by atoms with E-state index in [9.17, 15) is 14.4 Å². The number of benzene rings is 2. The molecule has 2 aliphatic rings. The van der Waals surface area contributed by atoms with Crippen molar-refractivity contribution in [1.82, 2.24) is 14.4 Å². The molecule has 0 saturated carbocycles. The van der Waals surface area contributed by atoms with Crippen LogP contribution in [-0.2, 0) is 16.1 Å². The van der Waals surface area contributed by atoms with E-state index in [1.807, 2.05) is 65.3 Å². The zero-order valence-electron chi connectivity index (χ0n) is 18.6. The summed E-state index contributed by atoms with van der Waals surface area (Å²) in [5, 5.41) is 0. The number of rotatable bonds is 5. The minimum absolute atomic E-state index is 0.00448. The van der Waals surface area contributed by atoms with Gasteiger partial charge in [0.2, 0.25) is 5.91 Å². The van der Waals surface area contributed by atoms with Gasteiger partial charge in [-0.2, -0.15) is 0 Å². The second-order valence-corrected chi connectivity index (χ2v) is 8.71. The first kappa shape index (κ1) is 21.3. The maximum Gasteiger partial charge on any atom is 0.419 e. The Hall–Kier alpha value is -3.55. The topological polar surface area (TPSA) is 85.0 Å². The third kappa shape index (κ3) is 4.01. The minimum atomic E-state index is -0.447. The summed E-state index contributed by atoms with van der Waals surface area (Å²) in [6.45, 7) is 3.46. The van der Waals surface area contributed by atoms with Gasteiger partial charge in [-0.25, -0.2) is 9.59 Å². The number of piperidine rings is 1. The van der Waals surface area contributed by atoms with E-state index in [0.29, 0.717) is 37.0 Å². The van der Waals surface area contributed by atoms with E-state index in [1.54, 1.807) is 6.07 Å². The number of hydrogen-bond donors (Lipinski definition) is 0. The molecule has 2 atom stereocenters. The van der Waals surface area contributed by atoms with Crippen molar-refractivity contribution in [2.24, 2.45) is 0 Å². The predicted octanol–water partition coefficient (Wildman–Crippen LogP) is 3.56. The number of amides is 2. The zero-order valence-corrected chi connectivity index (χ0v) is 18.6. The Morgan fingerprint density at radius 2 is 1.70 bits per heavy atom. The number of para-hydroxylation sites is 2. The zero-order chi connectivity index (χ0) is 22.9. The summed E-state index contributed by atoms with van der Waals surface area (Å²) in [5.41, 5.74) is 2.22. The lowest BCUT2D eigenvalue weighted by molar-refractivity contribution is -0.132. The molecule has 2 fully saturated rings. The van der Waals surface area contributed by atoms with E-state index >= 15 is 0 Å². The van der Waals surface area contributed by atoms with E-state index in [1.165, 1.54) is 4.57 Å². The van der Waals surface area contributed by atoms with Gasteiger partial charge in [-0.15, -0.1) is 0 Å². The highest BCUT2D eigenvalue weighted by Crippen LogP contribution is 2.35. The molecule has 0 bridgehead atoms. The van der Waals surface area contributed by atoms with Crippen LogP contribution in [0.15, 0.2) is 63.8 Å². The van der Waals surface area contributed by atoms with Crippen LogP contribution in [0.1, 0.15) is 37.9 Å². The van der Waals surface area contributed by atoms with Crippen molar-refractivity contribution in [1.29, 1.82) is 0 Å². The molecule has 2 aromatic carbocycles. The number of hydrogen-bond acceptors (Lipinski definition) is 5. The molecule has 2 saturated heterocycles. The Labute approximate surface area is 191 Å². The second-order valence-electron chi connectivity index (χ2n) is 8.71. The van der Waals surface area contributed by atoms with Crippen molar-refractivity contribution in [2.75, 3.05) is 13.1 Å². The third-order valence-corrected chi connectivity index (χ3v) is 6.78. The maximum atomic E-state index is 12.8. The fourth-order valence-corrected chi connectivity index (χ4v) is 5.04. The van der Waals surface area contributed by atoms with Crippen LogP contribution >= 0.6 is 0 Å². The molecular formula is C25H27N3O5. The first-order valence-corrected chi connectivity index (χ1v) is 11.4. The van der Waals surface area contributed by atoms with Gasteiger partial charge in [0.05, 0.1) is 11.6 Å². The van der Waals surface area contributed by atoms with Crippen molar-refractivity contribution >= 4 is 23.1 Å². The molecule has 0 unspecified atom stereocenters.